The second-order valence-corrected chi connectivity index (χ2v) is 9.25. The zero-order chi connectivity index (χ0) is 23.6. The van der Waals surface area contributed by atoms with Crippen molar-refractivity contribution in [3.05, 3.63) is 93.1 Å². The van der Waals surface area contributed by atoms with Crippen molar-refractivity contribution in [2.45, 2.75) is 11.8 Å². The predicted molar refractivity (Wildman–Crippen MR) is 130 cm³/mol. The number of aryl methyl sites for hydroxylation is 1. The number of anilines is 2. The van der Waals surface area contributed by atoms with E-state index in [2.05, 4.69) is 20.2 Å². The van der Waals surface area contributed by atoms with Gasteiger partial charge in [-0.1, -0.05) is 35.9 Å². The van der Waals surface area contributed by atoms with Crippen molar-refractivity contribution >= 4 is 55.8 Å². The van der Waals surface area contributed by atoms with Gasteiger partial charge in [-0.2, -0.15) is 5.10 Å². The molecule has 11 heteroatoms. The first-order valence-electron chi connectivity index (χ1n) is 9.68. The van der Waals surface area contributed by atoms with E-state index in [9.17, 15) is 18.5 Å². The van der Waals surface area contributed by atoms with Crippen molar-refractivity contribution in [1.82, 2.24) is 4.98 Å². The number of nitro benzene ring substituents is 1. The first-order chi connectivity index (χ1) is 15.7. The summed E-state index contributed by atoms with van der Waals surface area (Å²) in [6.45, 7) is 1.90. The van der Waals surface area contributed by atoms with Crippen molar-refractivity contribution < 1.29 is 13.3 Å². The van der Waals surface area contributed by atoms with Gasteiger partial charge in [0.15, 0.2) is 0 Å². The van der Waals surface area contributed by atoms with Crippen molar-refractivity contribution in [2.75, 3.05) is 10.1 Å². The molecule has 0 bridgehead atoms. The van der Waals surface area contributed by atoms with E-state index in [4.69, 9.17) is 11.6 Å². The van der Waals surface area contributed by atoms with Crippen LogP contribution in [-0.4, -0.2) is 24.5 Å². The number of aromatic amines is 1. The number of sulfonamides is 1. The van der Waals surface area contributed by atoms with Crippen molar-refractivity contribution in [1.29, 1.82) is 0 Å². The Balaban J connectivity index is 1.60. The maximum atomic E-state index is 12.7. The van der Waals surface area contributed by atoms with E-state index in [0.29, 0.717) is 5.02 Å². The topological polar surface area (TPSA) is 129 Å². The first kappa shape index (κ1) is 22.3. The zero-order valence-electron chi connectivity index (χ0n) is 17.2. The van der Waals surface area contributed by atoms with Crippen LogP contribution in [0.4, 0.5) is 17.1 Å². The second kappa shape index (κ2) is 8.93. The molecule has 0 saturated carbocycles. The largest absolute Gasteiger partial charge is 0.358 e. The normalized spacial score (nSPS) is 11.7. The van der Waals surface area contributed by atoms with Crippen LogP contribution in [0.25, 0.3) is 10.9 Å². The standard InChI is InChI=1S/C22H18ClN5O4S/c1-14-19(18-7-2-3-8-20(18)25-14)13-24-26-21-10-9-17(12-22(21)28(29)30)33(31,32)27-16-6-4-5-15(23)11-16/h2-13,25-27H,1H3/b24-13+. The summed E-state index contributed by atoms with van der Waals surface area (Å²) in [6, 6.07) is 17.4. The molecule has 3 aromatic carbocycles. The number of benzene rings is 3. The number of halogens is 1. The van der Waals surface area contributed by atoms with Gasteiger partial charge in [-0.3, -0.25) is 20.3 Å². The molecular formula is C22H18ClN5O4S. The fourth-order valence-electron chi connectivity index (χ4n) is 3.32. The van der Waals surface area contributed by atoms with Crippen LogP contribution in [0.1, 0.15) is 11.3 Å². The van der Waals surface area contributed by atoms with E-state index in [1.807, 2.05) is 31.2 Å². The Bertz CT molecular complexity index is 1500. The molecule has 1 heterocycles. The number of hydrogen-bond donors (Lipinski definition) is 3. The van der Waals surface area contributed by atoms with Crippen LogP contribution in [0.2, 0.25) is 5.02 Å². The molecule has 1 aromatic heterocycles. The summed E-state index contributed by atoms with van der Waals surface area (Å²) in [7, 11) is -4.07. The molecule has 4 aromatic rings. The molecule has 0 spiro atoms. The lowest BCUT2D eigenvalue weighted by Gasteiger charge is -2.09. The lowest BCUT2D eigenvalue weighted by molar-refractivity contribution is -0.384. The number of nitro groups is 1. The van der Waals surface area contributed by atoms with E-state index >= 15 is 0 Å². The molecule has 0 radical (unpaired) electrons. The van der Waals surface area contributed by atoms with Crippen molar-refractivity contribution in [3.63, 3.8) is 0 Å². The van der Waals surface area contributed by atoms with Gasteiger partial charge in [0.1, 0.15) is 5.69 Å². The smallest absolute Gasteiger partial charge is 0.295 e. The maximum absolute atomic E-state index is 12.7. The summed E-state index contributed by atoms with van der Waals surface area (Å²) < 4.78 is 27.8. The molecule has 9 nitrogen and oxygen atoms in total. The number of hydrogen-bond acceptors (Lipinski definition) is 6. The molecular weight excluding hydrogens is 466 g/mol. The van der Waals surface area contributed by atoms with E-state index in [-0.39, 0.29) is 16.3 Å². The van der Waals surface area contributed by atoms with Crippen LogP contribution in [-0.2, 0) is 10.0 Å². The lowest BCUT2D eigenvalue weighted by atomic mass is 10.1. The number of H-pyrrole nitrogens is 1. The fraction of sp³-hybridized carbons (Fsp3) is 0.0455. The molecule has 0 fully saturated rings. The molecule has 33 heavy (non-hydrogen) atoms. The Morgan fingerprint density at radius 3 is 2.64 bits per heavy atom. The number of rotatable bonds is 7. The van der Waals surface area contributed by atoms with E-state index in [1.54, 1.807) is 18.3 Å². The van der Waals surface area contributed by atoms with Gasteiger partial charge in [0.25, 0.3) is 15.7 Å². The highest BCUT2D eigenvalue weighted by molar-refractivity contribution is 7.92. The molecule has 0 unspecified atom stereocenters. The summed E-state index contributed by atoms with van der Waals surface area (Å²) in [5, 5.41) is 17.0. The van der Waals surface area contributed by atoms with Gasteiger partial charge in [0.05, 0.1) is 21.7 Å². The van der Waals surface area contributed by atoms with Crippen LogP contribution in [0.15, 0.2) is 76.7 Å². The van der Waals surface area contributed by atoms with Gasteiger partial charge < -0.3 is 4.98 Å². The fourth-order valence-corrected chi connectivity index (χ4v) is 4.58. The van der Waals surface area contributed by atoms with Crippen LogP contribution in [0.3, 0.4) is 0 Å². The molecule has 168 valence electrons. The molecule has 0 amide bonds. The monoisotopic (exact) mass is 483 g/mol. The van der Waals surface area contributed by atoms with E-state index in [1.165, 1.54) is 24.3 Å². The Hall–Kier alpha value is -3.89. The zero-order valence-corrected chi connectivity index (χ0v) is 18.8. The van der Waals surface area contributed by atoms with Gasteiger partial charge in [-0.05, 0) is 43.3 Å². The van der Waals surface area contributed by atoms with Gasteiger partial charge in [-0.25, -0.2) is 8.42 Å². The van der Waals surface area contributed by atoms with Crippen molar-refractivity contribution in [3.8, 4) is 0 Å². The highest BCUT2D eigenvalue weighted by atomic mass is 35.5. The Morgan fingerprint density at radius 1 is 1.09 bits per heavy atom. The summed E-state index contributed by atoms with van der Waals surface area (Å²) in [4.78, 5) is 13.9. The molecule has 0 aliphatic heterocycles. The van der Waals surface area contributed by atoms with Gasteiger partial charge >= 0.3 is 0 Å². The van der Waals surface area contributed by atoms with Crippen LogP contribution < -0.4 is 10.1 Å². The number of para-hydroxylation sites is 1. The molecule has 3 N–H and O–H groups in total. The Labute approximate surface area is 194 Å². The van der Waals surface area contributed by atoms with E-state index < -0.39 is 20.6 Å². The third-order valence-corrected chi connectivity index (χ3v) is 6.49. The van der Waals surface area contributed by atoms with Crippen LogP contribution in [0.5, 0.6) is 0 Å². The minimum absolute atomic E-state index is 0.0513. The summed E-state index contributed by atoms with van der Waals surface area (Å²) in [5.74, 6) is 0. The molecule has 4 rings (SSSR count). The highest BCUT2D eigenvalue weighted by Gasteiger charge is 2.21. The molecule has 0 aliphatic carbocycles. The quantitative estimate of drug-likeness (QED) is 0.187. The third kappa shape index (κ3) is 4.81. The average Bonchev–Trinajstić information content (AvgIpc) is 3.08. The number of hydrazone groups is 1. The third-order valence-electron chi connectivity index (χ3n) is 4.88. The maximum Gasteiger partial charge on any atom is 0.295 e. The summed E-state index contributed by atoms with van der Waals surface area (Å²) >= 11 is 5.89. The molecule has 0 aliphatic rings. The predicted octanol–water partition coefficient (Wildman–Crippen LogP) is 5.28. The average molecular weight is 484 g/mol. The number of nitrogens with one attached hydrogen (secondary N) is 3. The lowest BCUT2D eigenvalue weighted by Crippen LogP contribution is -2.13. The van der Waals surface area contributed by atoms with Crippen molar-refractivity contribution in [2.24, 2.45) is 5.10 Å². The minimum atomic E-state index is -4.07. The number of aromatic nitrogens is 1. The van der Waals surface area contributed by atoms with Gasteiger partial charge in [-0.15, -0.1) is 0 Å². The Morgan fingerprint density at radius 2 is 1.88 bits per heavy atom. The van der Waals surface area contributed by atoms with Crippen LogP contribution in [0, 0.1) is 17.0 Å². The van der Waals surface area contributed by atoms with Gasteiger partial charge in [0.2, 0.25) is 0 Å². The second-order valence-electron chi connectivity index (χ2n) is 7.13. The van der Waals surface area contributed by atoms with E-state index in [0.717, 1.165) is 28.2 Å². The first-order valence-corrected chi connectivity index (χ1v) is 11.5. The SMILES string of the molecule is Cc1[nH]c2ccccc2c1/C=N/Nc1ccc(S(=O)(=O)Nc2cccc(Cl)c2)cc1[N+](=O)[O-]. The molecule has 0 saturated heterocycles. The molecule has 0 atom stereocenters. The Kier molecular flexibility index (Phi) is 6.03. The number of fused-ring (bicyclic) bond motifs is 1. The minimum Gasteiger partial charge on any atom is -0.358 e. The highest BCUT2D eigenvalue weighted by Crippen LogP contribution is 2.29. The van der Waals surface area contributed by atoms with Gasteiger partial charge in [0, 0.05) is 33.2 Å². The summed E-state index contributed by atoms with van der Waals surface area (Å²) in [5.41, 5.74) is 5.18. The number of nitrogens with zero attached hydrogens (tertiary/aromatic N) is 2. The summed E-state index contributed by atoms with van der Waals surface area (Å²) in [6.07, 6.45) is 1.56. The van der Waals surface area contributed by atoms with Crippen LogP contribution >= 0.6 is 11.6 Å².